The molecule has 67 heavy (non-hydrogen) atoms. The molecule has 0 saturated carbocycles. The number of ether oxygens (including phenoxy) is 1. The summed E-state index contributed by atoms with van der Waals surface area (Å²) in [6.45, 7) is 19.6. The molecular formula is C53H49IN4O8S. The van der Waals surface area contributed by atoms with Crippen molar-refractivity contribution in [2.24, 2.45) is 4.99 Å². The molecule has 3 aromatic heterocycles. The number of fused-ring (bicyclic) bond motifs is 3. The molecule has 12 nitrogen and oxygen atoms in total. The first-order valence-corrected chi connectivity index (χ1v) is 24.7. The molecule has 1 aliphatic carbocycles. The number of rotatable bonds is 12. The van der Waals surface area contributed by atoms with Crippen molar-refractivity contribution in [1.29, 1.82) is 0 Å². The second-order valence-electron chi connectivity index (χ2n) is 17.1. The number of alkyl halides is 1. The van der Waals surface area contributed by atoms with Crippen molar-refractivity contribution in [2.75, 3.05) is 22.9 Å². The van der Waals surface area contributed by atoms with Gasteiger partial charge in [-0.3, -0.25) is 0 Å². The molecule has 2 aliphatic rings. The number of anilines is 4. The third-order valence-electron chi connectivity index (χ3n) is 12.4. The smallest absolute Gasteiger partial charge is 0.349 e. The Morgan fingerprint density at radius 2 is 1.34 bits per heavy atom. The molecule has 3 atom stereocenters. The zero-order chi connectivity index (χ0) is 47.5. The fourth-order valence-electron chi connectivity index (χ4n) is 8.77. The number of aromatic nitrogens is 1. The van der Waals surface area contributed by atoms with Gasteiger partial charge in [0.1, 0.15) is 28.3 Å². The van der Waals surface area contributed by atoms with E-state index in [1.165, 1.54) is 23.3 Å². The van der Waals surface area contributed by atoms with Crippen LogP contribution in [0.5, 0.6) is 0 Å². The molecule has 7 aromatic rings. The van der Waals surface area contributed by atoms with E-state index in [2.05, 4.69) is 127 Å². The van der Waals surface area contributed by atoms with Crippen molar-refractivity contribution in [3.8, 4) is 11.5 Å². The van der Waals surface area contributed by atoms with E-state index in [9.17, 15) is 18.0 Å². The molecule has 0 saturated heterocycles. The molecule has 4 heterocycles. The number of halogens is 1. The largest absolute Gasteiger partial charge is 0.453 e. The summed E-state index contributed by atoms with van der Waals surface area (Å²) in [5.41, 5.74) is 8.82. The average molecular weight is 1030 g/mol. The minimum atomic E-state index is -4.00. The highest BCUT2D eigenvalue weighted by Crippen LogP contribution is 2.38. The Labute approximate surface area is 402 Å². The third kappa shape index (κ3) is 8.56. The van der Waals surface area contributed by atoms with E-state index in [1.807, 2.05) is 43.3 Å². The number of aliphatic imine (C=N–C) groups is 1. The van der Waals surface area contributed by atoms with Crippen LogP contribution in [0.1, 0.15) is 60.0 Å². The highest BCUT2D eigenvalue weighted by Gasteiger charge is 2.42. The first-order chi connectivity index (χ1) is 32.0. The monoisotopic (exact) mass is 1030 g/mol. The van der Waals surface area contributed by atoms with Gasteiger partial charge >= 0.3 is 11.3 Å². The van der Waals surface area contributed by atoms with Crippen LogP contribution in [0.25, 0.3) is 39.5 Å². The molecule has 14 heteroatoms. The number of benzene rings is 4. The molecular weight excluding hydrogens is 980 g/mol. The predicted molar refractivity (Wildman–Crippen MR) is 275 cm³/mol. The summed E-state index contributed by atoms with van der Waals surface area (Å²) in [4.78, 5) is 40.3. The van der Waals surface area contributed by atoms with Crippen LogP contribution in [0.3, 0.4) is 0 Å². The van der Waals surface area contributed by atoms with Gasteiger partial charge in [-0.1, -0.05) is 48.0 Å². The number of aryl methyl sites for hydroxylation is 4. The summed E-state index contributed by atoms with van der Waals surface area (Å²) in [7, 11) is -4.00. The predicted octanol–water partition coefficient (Wildman–Crippen LogP) is 11.5. The number of sulfone groups is 1. The summed E-state index contributed by atoms with van der Waals surface area (Å²) < 4.78 is 50.8. The molecule has 342 valence electrons. The SMILES string of the molecule is C=C(/C=C\[C@@]1(I)OC(c2cc3ccc(N(CC)c4ccc(C)cc4C)cc3oc2=O)=NC1C)S(=O)(=O)C1C=Cc2oc(-c3cc4ccc(N(CC)c5ccc(C)cc5C)cc4oc3=O)nc2C1. The molecule has 0 fully saturated rings. The van der Waals surface area contributed by atoms with Crippen molar-refractivity contribution in [3.05, 3.63) is 175 Å². The summed E-state index contributed by atoms with van der Waals surface area (Å²) in [6, 6.07) is 27.0. The lowest BCUT2D eigenvalue weighted by Crippen LogP contribution is -2.30. The molecule has 0 bridgehead atoms. The lowest BCUT2D eigenvalue weighted by molar-refractivity contribution is 0.230. The fourth-order valence-corrected chi connectivity index (χ4v) is 10.6. The lowest BCUT2D eigenvalue weighted by Gasteiger charge is -2.25. The Bertz CT molecular complexity index is 3490. The Hall–Kier alpha value is -6.52. The maximum absolute atomic E-state index is 14.0. The van der Waals surface area contributed by atoms with E-state index in [-0.39, 0.29) is 34.2 Å². The Morgan fingerprint density at radius 3 is 1.90 bits per heavy atom. The van der Waals surface area contributed by atoms with Crippen LogP contribution >= 0.6 is 22.6 Å². The lowest BCUT2D eigenvalue weighted by atomic mass is 10.1. The maximum Gasteiger partial charge on any atom is 0.349 e. The van der Waals surface area contributed by atoms with Gasteiger partial charge < -0.3 is 27.8 Å². The topological polar surface area (TPSA) is 149 Å². The van der Waals surface area contributed by atoms with Crippen LogP contribution in [0.2, 0.25) is 0 Å². The summed E-state index contributed by atoms with van der Waals surface area (Å²) in [5, 5.41) is 0.367. The molecule has 4 aromatic carbocycles. The molecule has 1 aliphatic heterocycles. The van der Waals surface area contributed by atoms with Gasteiger partial charge in [-0.15, -0.1) is 0 Å². The van der Waals surface area contributed by atoms with Gasteiger partial charge in [0.05, 0.1) is 15.8 Å². The van der Waals surface area contributed by atoms with Gasteiger partial charge in [-0.25, -0.2) is 28.0 Å². The van der Waals surface area contributed by atoms with Crippen molar-refractivity contribution in [3.63, 3.8) is 0 Å². The number of oxazole rings is 1. The van der Waals surface area contributed by atoms with Crippen LogP contribution in [0.4, 0.5) is 22.7 Å². The normalized spacial score (nSPS) is 18.1. The molecule has 0 amide bonds. The minimum Gasteiger partial charge on any atom is -0.453 e. The van der Waals surface area contributed by atoms with E-state index >= 15 is 0 Å². The van der Waals surface area contributed by atoms with Crippen LogP contribution in [-0.2, 0) is 21.0 Å². The molecule has 0 radical (unpaired) electrons. The first kappa shape index (κ1) is 45.6. The zero-order valence-electron chi connectivity index (χ0n) is 38.2. The van der Waals surface area contributed by atoms with E-state index in [0.717, 1.165) is 33.9 Å². The van der Waals surface area contributed by atoms with Gasteiger partial charge in [0.2, 0.25) is 15.4 Å². The Morgan fingerprint density at radius 1 is 0.791 bits per heavy atom. The summed E-state index contributed by atoms with van der Waals surface area (Å²) >= 11 is 2.06. The quantitative estimate of drug-likeness (QED) is 0.0498. The van der Waals surface area contributed by atoms with E-state index in [4.69, 9.17) is 18.0 Å². The standard InChI is InChI=1S/C53H49IN4O8S/c1-9-57(44-18-11-30(3)23-32(44)5)38-15-13-36-25-41(51(59)64-47(36)27-38)49-56-43-29-40(17-20-46(43)63-49)67(61,62)34(7)21-22-53(54)35(8)55-50(66-53)42-26-37-14-16-39(28-48(37)65-52(42)60)58(10-2)45-19-12-31(4)24-33(45)6/h11-28,35,40H,7,9-10,29H2,1-6,8H3/b22-21-/t35?,40?,53-/m1/s1. The molecule has 9 rings (SSSR count). The second-order valence-corrected chi connectivity index (χ2v) is 21.0. The molecule has 0 N–H and O–H groups in total. The fraction of sp³-hybridized carbons (Fsp3) is 0.245. The zero-order valence-corrected chi connectivity index (χ0v) is 41.2. The first-order valence-electron chi connectivity index (χ1n) is 22.1. The van der Waals surface area contributed by atoms with E-state index < -0.39 is 36.0 Å². The van der Waals surface area contributed by atoms with Gasteiger partial charge in [-0.05, 0) is 149 Å². The highest BCUT2D eigenvalue weighted by molar-refractivity contribution is 14.1. The van der Waals surface area contributed by atoms with Gasteiger partial charge in [0.15, 0.2) is 15.6 Å². The Balaban J connectivity index is 0.884. The average Bonchev–Trinajstić information content (AvgIpc) is 3.86. The molecule has 2 unspecified atom stereocenters. The number of allylic oxidation sites excluding steroid dienone is 1. The third-order valence-corrected chi connectivity index (χ3v) is 15.9. The van der Waals surface area contributed by atoms with Crippen molar-refractivity contribution in [1.82, 2.24) is 4.98 Å². The maximum atomic E-state index is 14.0. The van der Waals surface area contributed by atoms with E-state index in [0.29, 0.717) is 46.5 Å². The second kappa shape index (κ2) is 17.6. The van der Waals surface area contributed by atoms with Crippen LogP contribution < -0.4 is 21.1 Å². The highest BCUT2D eigenvalue weighted by atomic mass is 127. The van der Waals surface area contributed by atoms with Crippen LogP contribution in [0, 0.1) is 27.7 Å². The van der Waals surface area contributed by atoms with Gasteiger partial charge in [0, 0.05) is 65.2 Å². The van der Waals surface area contributed by atoms with Crippen molar-refractivity contribution < 1.29 is 26.4 Å². The number of hydrogen-bond acceptors (Lipinski definition) is 12. The number of hydrogen-bond donors (Lipinski definition) is 0. The Kier molecular flexibility index (Phi) is 12.0. The van der Waals surface area contributed by atoms with Crippen molar-refractivity contribution in [2.45, 2.75) is 69.8 Å². The summed E-state index contributed by atoms with van der Waals surface area (Å²) in [6.07, 6.45) is 6.08. The van der Waals surface area contributed by atoms with Crippen LogP contribution in [0.15, 0.2) is 142 Å². The summed E-state index contributed by atoms with van der Waals surface area (Å²) in [5.74, 6) is 0.483. The molecule has 0 spiro atoms. The van der Waals surface area contributed by atoms with E-state index in [1.54, 1.807) is 24.3 Å². The van der Waals surface area contributed by atoms with Crippen molar-refractivity contribution >= 4 is 89.1 Å². The number of nitrogens with zero attached hydrogens (tertiary/aromatic N) is 4. The van der Waals surface area contributed by atoms with Gasteiger partial charge in [0.25, 0.3) is 0 Å². The minimum absolute atomic E-state index is 0.00504. The van der Waals surface area contributed by atoms with Crippen LogP contribution in [-0.4, -0.2) is 47.3 Å². The van der Waals surface area contributed by atoms with Gasteiger partial charge in [-0.2, -0.15) is 0 Å².